The van der Waals surface area contributed by atoms with E-state index in [0.29, 0.717) is 12.3 Å². The third-order valence-corrected chi connectivity index (χ3v) is 2.58. The summed E-state index contributed by atoms with van der Waals surface area (Å²) in [5.41, 5.74) is -1.11. The van der Waals surface area contributed by atoms with E-state index in [2.05, 4.69) is 10.2 Å². The molecule has 0 saturated heterocycles. The van der Waals surface area contributed by atoms with E-state index in [-0.39, 0.29) is 18.1 Å². The Labute approximate surface area is 118 Å². The number of nitrogens with zero attached hydrogens (tertiary/aromatic N) is 3. The van der Waals surface area contributed by atoms with Crippen LogP contribution in [0.5, 0.6) is 5.75 Å². The molecule has 1 heterocycles. The molecule has 1 aromatic heterocycles. The fraction of sp³-hybridized carbons (Fsp3) is 0.308. The van der Waals surface area contributed by atoms with Crippen LogP contribution in [-0.4, -0.2) is 10.2 Å². The minimum absolute atomic E-state index is 0.0873. The van der Waals surface area contributed by atoms with Gasteiger partial charge in [0.2, 0.25) is 5.89 Å². The second-order valence-electron chi connectivity index (χ2n) is 4.05. The first-order chi connectivity index (χ1) is 9.94. The summed E-state index contributed by atoms with van der Waals surface area (Å²) >= 11 is 0. The Kier molecular flexibility index (Phi) is 4.12. The van der Waals surface area contributed by atoms with Crippen molar-refractivity contribution < 1.29 is 22.3 Å². The Hall–Kier alpha value is -2.56. The van der Waals surface area contributed by atoms with Crippen molar-refractivity contribution in [3.63, 3.8) is 0 Å². The van der Waals surface area contributed by atoms with Gasteiger partial charge < -0.3 is 9.15 Å². The topological polar surface area (TPSA) is 71.9 Å². The minimum Gasteiger partial charge on any atom is -0.483 e. The molecule has 0 aliphatic heterocycles. The maximum Gasteiger partial charge on any atom is 0.420 e. The molecule has 0 radical (unpaired) electrons. The van der Waals surface area contributed by atoms with E-state index in [9.17, 15) is 13.2 Å². The van der Waals surface area contributed by atoms with E-state index in [0.717, 1.165) is 12.1 Å². The van der Waals surface area contributed by atoms with Crippen molar-refractivity contribution in [1.82, 2.24) is 10.2 Å². The summed E-state index contributed by atoms with van der Waals surface area (Å²) in [6.45, 7) is 1.53. The zero-order chi connectivity index (χ0) is 15.5. The maximum absolute atomic E-state index is 12.9. The van der Waals surface area contributed by atoms with Crippen molar-refractivity contribution in [3.8, 4) is 11.8 Å². The molecule has 0 bridgehead atoms. The predicted octanol–water partition coefficient (Wildman–Crippen LogP) is 3.10. The van der Waals surface area contributed by atoms with Crippen LogP contribution in [0.2, 0.25) is 0 Å². The summed E-state index contributed by atoms with van der Waals surface area (Å²) < 4.78 is 49.0. The fourth-order valence-electron chi connectivity index (χ4n) is 1.58. The summed E-state index contributed by atoms with van der Waals surface area (Å²) in [4.78, 5) is 0. The Bertz CT molecular complexity index is 674. The predicted molar refractivity (Wildman–Crippen MR) is 64.2 cm³/mol. The maximum atomic E-state index is 12.9. The summed E-state index contributed by atoms with van der Waals surface area (Å²) in [7, 11) is 0. The second kappa shape index (κ2) is 5.83. The molecule has 0 saturated carbocycles. The van der Waals surface area contributed by atoms with Gasteiger partial charge in [-0.15, -0.1) is 10.2 Å². The summed E-state index contributed by atoms with van der Waals surface area (Å²) in [5, 5.41) is 16.0. The molecule has 0 aliphatic carbocycles. The molecule has 0 amide bonds. The molecule has 21 heavy (non-hydrogen) atoms. The molecule has 0 N–H and O–H groups in total. The van der Waals surface area contributed by atoms with Crippen molar-refractivity contribution in [3.05, 3.63) is 41.1 Å². The first-order valence-corrected chi connectivity index (χ1v) is 5.99. The van der Waals surface area contributed by atoms with Crippen molar-refractivity contribution in [2.45, 2.75) is 26.1 Å². The van der Waals surface area contributed by atoms with Crippen LogP contribution in [0.3, 0.4) is 0 Å². The highest BCUT2D eigenvalue weighted by Gasteiger charge is 2.34. The Morgan fingerprint density at radius 2 is 2.00 bits per heavy atom. The van der Waals surface area contributed by atoms with E-state index in [4.69, 9.17) is 14.4 Å². The SMILES string of the molecule is CCc1nnc(COc2ccc(C#N)cc2C(F)(F)F)o1. The molecule has 1 aromatic carbocycles. The van der Waals surface area contributed by atoms with Crippen LogP contribution < -0.4 is 4.74 Å². The molecule has 8 heteroatoms. The van der Waals surface area contributed by atoms with Gasteiger partial charge >= 0.3 is 6.18 Å². The van der Waals surface area contributed by atoms with Crippen LogP contribution >= 0.6 is 0 Å². The molecule has 0 spiro atoms. The minimum atomic E-state index is -4.62. The van der Waals surface area contributed by atoms with E-state index in [1.165, 1.54) is 6.07 Å². The van der Waals surface area contributed by atoms with Crippen LogP contribution in [-0.2, 0) is 19.2 Å². The molecule has 0 aliphatic rings. The average Bonchev–Trinajstić information content (AvgIpc) is 2.92. The number of halogens is 3. The monoisotopic (exact) mass is 297 g/mol. The lowest BCUT2D eigenvalue weighted by Crippen LogP contribution is -2.09. The van der Waals surface area contributed by atoms with Crippen molar-refractivity contribution in [1.29, 1.82) is 5.26 Å². The number of hydrogen-bond acceptors (Lipinski definition) is 5. The Balaban J connectivity index is 2.21. The molecule has 110 valence electrons. The molecule has 0 atom stereocenters. The first-order valence-electron chi connectivity index (χ1n) is 5.99. The van der Waals surface area contributed by atoms with Crippen LogP contribution in [0.1, 0.15) is 29.8 Å². The van der Waals surface area contributed by atoms with Gasteiger partial charge in [0.05, 0.1) is 17.2 Å². The quantitative estimate of drug-likeness (QED) is 0.867. The number of alkyl halides is 3. The van der Waals surface area contributed by atoms with Crippen LogP contribution in [0.4, 0.5) is 13.2 Å². The lowest BCUT2D eigenvalue weighted by molar-refractivity contribution is -0.139. The van der Waals surface area contributed by atoms with Gasteiger partial charge in [0.25, 0.3) is 5.89 Å². The third kappa shape index (κ3) is 3.51. The smallest absolute Gasteiger partial charge is 0.420 e. The van der Waals surface area contributed by atoms with E-state index in [1.54, 1.807) is 13.0 Å². The molecule has 5 nitrogen and oxygen atoms in total. The van der Waals surface area contributed by atoms with E-state index in [1.807, 2.05) is 0 Å². The molecule has 2 aromatic rings. The van der Waals surface area contributed by atoms with E-state index >= 15 is 0 Å². The highest BCUT2D eigenvalue weighted by atomic mass is 19.4. The van der Waals surface area contributed by atoms with Gasteiger partial charge in [-0.25, -0.2) is 0 Å². The standard InChI is InChI=1S/C13H10F3N3O2/c1-2-11-18-19-12(21-11)7-20-10-4-3-8(6-17)5-9(10)13(14,15)16/h3-5H,2,7H2,1H3. The average molecular weight is 297 g/mol. The number of hydrogen-bond donors (Lipinski definition) is 0. The molecular formula is C13H10F3N3O2. The van der Waals surface area contributed by atoms with Crippen molar-refractivity contribution in [2.24, 2.45) is 0 Å². The lowest BCUT2D eigenvalue weighted by atomic mass is 10.1. The lowest BCUT2D eigenvalue weighted by Gasteiger charge is -2.13. The molecular weight excluding hydrogens is 287 g/mol. The number of aromatic nitrogens is 2. The summed E-state index contributed by atoms with van der Waals surface area (Å²) in [6.07, 6.45) is -4.09. The summed E-state index contributed by atoms with van der Waals surface area (Å²) in [5.74, 6) is 0.0755. The Morgan fingerprint density at radius 3 is 2.57 bits per heavy atom. The van der Waals surface area contributed by atoms with Gasteiger partial charge in [-0.3, -0.25) is 0 Å². The van der Waals surface area contributed by atoms with Crippen molar-refractivity contribution >= 4 is 0 Å². The normalized spacial score (nSPS) is 11.2. The van der Waals surface area contributed by atoms with Gasteiger partial charge in [0.15, 0.2) is 6.61 Å². The molecule has 2 rings (SSSR count). The zero-order valence-corrected chi connectivity index (χ0v) is 10.9. The number of ether oxygens (including phenoxy) is 1. The first kappa shape index (κ1) is 14.8. The third-order valence-electron chi connectivity index (χ3n) is 2.58. The second-order valence-corrected chi connectivity index (χ2v) is 4.05. The number of benzene rings is 1. The number of aryl methyl sites for hydroxylation is 1. The van der Waals surface area contributed by atoms with Gasteiger partial charge in [-0.2, -0.15) is 18.4 Å². The van der Waals surface area contributed by atoms with Gasteiger partial charge in [-0.05, 0) is 18.2 Å². The van der Waals surface area contributed by atoms with Gasteiger partial charge in [-0.1, -0.05) is 6.92 Å². The molecule has 0 fully saturated rings. The largest absolute Gasteiger partial charge is 0.483 e. The highest BCUT2D eigenvalue weighted by Crippen LogP contribution is 2.37. The van der Waals surface area contributed by atoms with Crippen LogP contribution in [0, 0.1) is 11.3 Å². The fourth-order valence-corrected chi connectivity index (χ4v) is 1.58. The van der Waals surface area contributed by atoms with E-state index < -0.39 is 17.5 Å². The number of rotatable bonds is 4. The Morgan fingerprint density at radius 1 is 1.29 bits per heavy atom. The van der Waals surface area contributed by atoms with Gasteiger partial charge in [0, 0.05) is 6.42 Å². The molecule has 0 unspecified atom stereocenters. The van der Waals surface area contributed by atoms with Crippen LogP contribution in [0.25, 0.3) is 0 Å². The zero-order valence-electron chi connectivity index (χ0n) is 10.9. The van der Waals surface area contributed by atoms with Crippen molar-refractivity contribution in [2.75, 3.05) is 0 Å². The number of nitriles is 1. The van der Waals surface area contributed by atoms with Gasteiger partial charge in [0.1, 0.15) is 5.75 Å². The highest BCUT2D eigenvalue weighted by molar-refractivity contribution is 5.43. The summed E-state index contributed by atoms with van der Waals surface area (Å²) in [6, 6.07) is 4.73. The van der Waals surface area contributed by atoms with Crippen LogP contribution in [0.15, 0.2) is 22.6 Å².